The van der Waals surface area contributed by atoms with Crippen molar-refractivity contribution in [1.29, 1.82) is 0 Å². The van der Waals surface area contributed by atoms with E-state index in [0.29, 0.717) is 5.56 Å². The summed E-state index contributed by atoms with van der Waals surface area (Å²) < 4.78 is 104. The molecule has 1 aliphatic heterocycles. The van der Waals surface area contributed by atoms with Crippen LogP contribution in [0.2, 0.25) is 0 Å². The third kappa shape index (κ3) is 6.67. The Morgan fingerprint density at radius 3 is 2.47 bits per heavy atom. The predicted octanol–water partition coefficient (Wildman–Crippen LogP) is 6.38. The van der Waals surface area contributed by atoms with E-state index in [-0.39, 0.29) is 52.0 Å². The first-order chi connectivity index (χ1) is 20.2. The number of aromatic nitrogens is 1. The Hall–Kier alpha value is -4.36. The van der Waals surface area contributed by atoms with Crippen molar-refractivity contribution >= 4 is 17.8 Å². The molecule has 2 heterocycles. The number of nitrogens with zero attached hydrogens (tertiary/aromatic N) is 2. The quantitative estimate of drug-likeness (QED) is 0.175. The first-order valence-electron chi connectivity index (χ1n) is 13.1. The Balaban J connectivity index is 1.48. The van der Waals surface area contributed by atoms with Gasteiger partial charge in [-0.1, -0.05) is 0 Å². The van der Waals surface area contributed by atoms with Gasteiger partial charge in [-0.3, -0.25) is 9.79 Å². The van der Waals surface area contributed by atoms with Crippen molar-refractivity contribution in [2.24, 2.45) is 10.9 Å². The summed E-state index contributed by atoms with van der Waals surface area (Å²) in [5.41, 5.74) is 5.88. The number of nitrogens with two attached hydrogens (primary N) is 1. The number of carbonyl (C=O) groups excluding carboxylic acids is 1. The third-order valence-corrected chi connectivity index (χ3v) is 7.29. The zero-order valence-corrected chi connectivity index (χ0v) is 22.5. The first-order valence-corrected chi connectivity index (χ1v) is 13.1. The van der Waals surface area contributed by atoms with Crippen LogP contribution in [0.15, 0.2) is 47.5 Å². The van der Waals surface area contributed by atoms with Gasteiger partial charge in [0.15, 0.2) is 5.75 Å². The van der Waals surface area contributed by atoms with Crippen LogP contribution in [0.4, 0.5) is 36.4 Å². The number of nitrogens with one attached hydrogen (secondary N) is 1. The summed E-state index contributed by atoms with van der Waals surface area (Å²) in [4.78, 5) is 21.5. The number of hydrogen-bond donors (Lipinski definition) is 2. The summed E-state index contributed by atoms with van der Waals surface area (Å²) in [6.07, 6.45) is -7.04. The minimum atomic E-state index is -5.07. The van der Waals surface area contributed by atoms with Crippen LogP contribution >= 0.6 is 0 Å². The molecule has 3 aromatic rings. The Morgan fingerprint density at radius 1 is 1.16 bits per heavy atom. The number of anilines is 1. The molecule has 1 aromatic heterocycles. The summed E-state index contributed by atoms with van der Waals surface area (Å²) in [6.45, 7) is -0.710. The molecule has 2 aliphatic rings. The molecular weight excluding hydrogens is 585 g/mol. The molecule has 5 rings (SSSR count). The molecule has 2 aromatic carbocycles. The van der Waals surface area contributed by atoms with E-state index < -0.39 is 48.5 Å². The highest BCUT2D eigenvalue weighted by Crippen LogP contribution is 2.50. The third-order valence-electron chi connectivity index (χ3n) is 7.29. The number of alkyl halides is 6. The Labute approximate surface area is 240 Å². The molecule has 3 N–H and O–H groups in total. The molecule has 0 radical (unpaired) electrons. The fourth-order valence-electron chi connectivity index (χ4n) is 5.06. The van der Waals surface area contributed by atoms with Crippen LogP contribution in [0, 0.1) is 11.7 Å². The number of rotatable bonds is 8. The smallest absolute Gasteiger partial charge is 0.490 e. The van der Waals surface area contributed by atoms with Gasteiger partial charge in [-0.15, -0.1) is 13.2 Å². The van der Waals surface area contributed by atoms with Gasteiger partial charge in [0, 0.05) is 53.7 Å². The van der Waals surface area contributed by atoms with Crippen molar-refractivity contribution in [2.45, 2.75) is 37.2 Å². The Bertz CT molecular complexity index is 1550. The van der Waals surface area contributed by atoms with E-state index in [4.69, 9.17) is 10.5 Å². The summed E-state index contributed by atoms with van der Waals surface area (Å²) in [7, 11) is 1.37. The van der Waals surface area contributed by atoms with Gasteiger partial charge in [-0.05, 0) is 61.2 Å². The van der Waals surface area contributed by atoms with E-state index in [1.54, 1.807) is 0 Å². The maximum Gasteiger partial charge on any atom is 0.573 e. The van der Waals surface area contributed by atoms with Gasteiger partial charge in [-0.2, -0.15) is 13.2 Å². The topological polar surface area (TPSA) is 98.8 Å². The van der Waals surface area contributed by atoms with E-state index in [2.05, 4.69) is 20.0 Å². The standard InChI is InChI=1S/C29H25F7N4O3/c1-38-11-17-8-16(9-23(24(17)37)43-29(34,35)36)27(41)39-12-20(14-2-3-14)22-10-19-21(28(31,32)33)13-42-26(19)25(40-22)15-4-6-18(30)7-5-15/h4-11,14,20-21H,2-3,12-13,37H2,1H3,(H,39,41)/t20-,21?/m0/s1. The van der Waals surface area contributed by atoms with Crippen molar-refractivity contribution in [3.8, 4) is 22.8 Å². The number of aliphatic imine (C=N–C) groups is 1. The average Bonchev–Trinajstić information content (AvgIpc) is 3.66. The van der Waals surface area contributed by atoms with Gasteiger partial charge in [0.25, 0.3) is 5.91 Å². The van der Waals surface area contributed by atoms with E-state index in [1.807, 2.05) is 0 Å². The molecule has 7 nitrogen and oxygen atoms in total. The molecule has 1 fully saturated rings. The lowest BCUT2D eigenvalue weighted by molar-refractivity contribution is -0.274. The molecule has 0 bridgehead atoms. The number of carbonyl (C=O) groups is 1. The second-order valence-electron chi connectivity index (χ2n) is 10.3. The summed E-state index contributed by atoms with van der Waals surface area (Å²) >= 11 is 0. The SMILES string of the molecule is CN=Cc1cc(C(=O)NC[C@H](c2cc3c(c(-c4ccc(F)cc4)n2)OCC3C(F)(F)F)C2CC2)cc(OC(F)(F)F)c1N. The summed E-state index contributed by atoms with van der Waals surface area (Å²) in [6, 6.07) is 8.52. The zero-order valence-electron chi connectivity index (χ0n) is 22.5. The normalized spacial score (nSPS) is 17.4. The molecule has 0 spiro atoms. The highest BCUT2D eigenvalue weighted by Gasteiger charge is 2.47. The van der Waals surface area contributed by atoms with Crippen LogP contribution < -0.4 is 20.5 Å². The molecule has 1 unspecified atom stereocenters. The van der Waals surface area contributed by atoms with Crippen LogP contribution in [-0.2, 0) is 0 Å². The van der Waals surface area contributed by atoms with E-state index >= 15 is 0 Å². The largest absolute Gasteiger partial charge is 0.573 e. The number of pyridine rings is 1. The van der Waals surface area contributed by atoms with Gasteiger partial charge < -0.3 is 20.5 Å². The lowest BCUT2D eigenvalue weighted by Crippen LogP contribution is -2.30. The molecule has 228 valence electrons. The molecule has 43 heavy (non-hydrogen) atoms. The highest BCUT2D eigenvalue weighted by molar-refractivity contribution is 5.99. The lowest BCUT2D eigenvalue weighted by Gasteiger charge is -2.21. The minimum absolute atomic E-state index is 0.0168. The molecule has 14 heteroatoms. The van der Waals surface area contributed by atoms with Gasteiger partial charge in [0.05, 0.1) is 5.69 Å². The second kappa shape index (κ2) is 11.4. The van der Waals surface area contributed by atoms with E-state index in [1.165, 1.54) is 37.5 Å². The maximum atomic E-state index is 13.9. The first kappa shape index (κ1) is 30.1. The highest BCUT2D eigenvalue weighted by atomic mass is 19.4. The zero-order chi connectivity index (χ0) is 31.1. The van der Waals surface area contributed by atoms with Crippen LogP contribution in [0.5, 0.6) is 11.5 Å². The van der Waals surface area contributed by atoms with Crippen LogP contribution in [0.3, 0.4) is 0 Å². The average molecular weight is 611 g/mol. The van der Waals surface area contributed by atoms with Crippen molar-refractivity contribution in [3.05, 3.63) is 70.7 Å². The molecule has 0 saturated heterocycles. The molecule has 1 aliphatic carbocycles. The van der Waals surface area contributed by atoms with Crippen molar-refractivity contribution in [3.63, 3.8) is 0 Å². The Kier molecular flexibility index (Phi) is 7.97. The fourth-order valence-corrected chi connectivity index (χ4v) is 5.06. The minimum Gasteiger partial charge on any atom is -0.490 e. The van der Waals surface area contributed by atoms with Gasteiger partial charge >= 0.3 is 12.5 Å². The lowest BCUT2D eigenvalue weighted by atomic mass is 9.92. The summed E-state index contributed by atoms with van der Waals surface area (Å²) in [5, 5.41) is 2.67. The van der Waals surface area contributed by atoms with Gasteiger partial charge in [0.2, 0.25) is 0 Å². The number of amides is 1. The van der Waals surface area contributed by atoms with E-state index in [0.717, 1.165) is 31.0 Å². The van der Waals surface area contributed by atoms with Gasteiger partial charge in [0.1, 0.15) is 29.8 Å². The maximum absolute atomic E-state index is 13.9. The van der Waals surface area contributed by atoms with Crippen molar-refractivity contribution in [2.75, 3.05) is 25.9 Å². The molecule has 1 amide bonds. The number of fused-ring (bicyclic) bond motifs is 1. The number of halogens is 7. The van der Waals surface area contributed by atoms with Crippen molar-refractivity contribution < 1.29 is 45.0 Å². The molecule has 1 saturated carbocycles. The second-order valence-corrected chi connectivity index (χ2v) is 10.3. The Morgan fingerprint density at radius 2 is 1.86 bits per heavy atom. The van der Waals surface area contributed by atoms with Gasteiger partial charge in [-0.25, -0.2) is 9.37 Å². The summed E-state index contributed by atoms with van der Waals surface area (Å²) in [5.74, 6) is -4.57. The van der Waals surface area contributed by atoms with Crippen molar-refractivity contribution in [1.82, 2.24) is 10.3 Å². The monoisotopic (exact) mass is 610 g/mol. The number of nitrogen functional groups attached to an aromatic ring is 1. The van der Waals surface area contributed by atoms with E-state index in [9.17, 15) is 35.5 Å². The van der Waals surface area contributed by atoms with Crippen LogP contribution in [0.25, 0.3) is 11.3 Å². The van der Waals surface area contributed by atoms with Crippen LogP contribution in [-0.4, -0.2) is 49.8 Å². The number of ether oxygens (including phenoxy) is 2. The number of benzene rings is 2. The molecule has 2 atom stereocenters. The van der Waals surface area contributed by atoms with Crippen LogP contribution in [0.1, 0.15) is 51.9 Å². The predicted molar refractivity (Wildman–Crippen MR) is 143 cm³/mol. The molecular formula is C29H25F7N4O3. The number of hydrogen-bond acceptors (Lipinski definition) is 6. The fraction of sp³-hybridized carbons (Fsp3) is 0.345.